The standard InChI is InChI=1S/C17H23NOS/c1-12(2)18-10-16-9-15(14(4)20-16)11-19-17-8-6-5-7-13(17)3/h5-9,12,18H,10-11H2,1-4H3. The van der Waals surface area contributed by atoms with E-state index >= 15 is 0 Å². The van der Waals surface area contributed by atoms with Crippen LogP contribution in [0.1, 0.15) is 34.7 Å². The zero-order valence-corrected chi connectivity index (χ0v) is 13.5. The van der Waals surface area contributed by atoms with Gasteiger partial charge in [0, 0.05) is 27.9 Å². The van der Waals surface area contributed by atoms with E-state index in [1.54, 1.807) is 0 Å². The fourth-order valence-corrected chi connectivity index (χ4v) is 3.00. The lowest BCUT2D eigenvalue weighted by molar-refractivity contribution is 0.304. The first-order valence-electron chi connectivity index (χ1n) is 7.06. The van der Waals surface area contributed by atoms with E-state index in [2.05, 4.69) is 45.1 Å². The van der Waals surface area contributed by atoms with Gasteiger partial charge in [0.15, 0.2) is 0 Å². The lowest BCUT2D eigenvalue weighted by Crippen LogP contribution is -2.21. The Labute approximate surface area is 125 Å². The molecule has 20 heavy (non-hydrogen) atoms. The third-order valence-corrected chi connectivity index (χ3v) is 4.33. The van der Waals surface area contributed by atoms with Gasteiger partial charge in [0.2, 0.25) is 0 Å². The van der Waals surface area contributed by atoms with Gasteiger partial charge in [-0.1, -0.05) is 32.0 Å². The highest BCUT2D eigenvalue weighted by Crippen LogP contribution is 2.24. The number of ether oxygens (including phenoxy) is 1. The molecule has 0 unspecified atom stereocenters. The number of hydrogen-bond donors (Lipinski definition) is 1. The highest BCUT2D eigenvalue weighted by molar-refractivity contribution is 7.12. The van der Waals surface area contributed by atoms with Crippen LogP contribution in [0.25, 0.3) is 0 Å². The molecule has 2 nitrogen and oxygen atoms in total. The topological polar surface area (TPSA) is 21.3 Å². The number of para-hydroxylation sites is 1. The molecule has 0 spiro atoms. The number of aryl methyl sites for hydroxylation is 2. The Hall–Kier alpha value is -1.32. The van der Waals surface area contributed by atoms with E-state index in [0.717, 1.165) is 12.3 Å². The summed E-state index contributed by atoms with van der Waals surface area (Å²) in [5, 5.41) is 3.45. The molecule has 0 aliphatic rings. The van der Waals surface area contributed by atoms with Crippen LogP contribution in [0.3, 0.4) is 0 Å². The summed E-state index contributed by atoms with van der Waals surface area (Å²) in [6.45, 7) is 10.2. The van der Waals surface area contributed by atoms with Gasteiger partial charge >= 0.3 is 0 Å². The maximum absolute atomic E-state index is 5.93. The predicted octanol–water partition coefficient (Wildman–Crippen LogP) is 4.44. The molecule has 1 aromatic heterocycles. The van der Waals surface area contributed by atoms with Crippen molar-refractivity contribution in [1.29, 1.82) is 0 Å². The number of hydrogen-bond acceptors (Lipinski definition) is 3. The highest BCUT2D eigenvalue weighted by atomic mass is 32.1. The van der Waals surface area contributed by atoms with E-state index in [-0.39, 0.29) is 0 Å². The molecule has 108 valence electrons. The molecule has 3 heteroatoms. The van der Waals surface area contributed by atoms with Crippen molar-refractivity contribution in [2.24, 2.45) is 0 Å². The lowest BCUT2D eigenvalue weighted by atomic mass is 10.2. The summed E-state index contributed by atoms with van der Waals surface area (Å²) >= 11 is 1.85. The third kappa shape index (κ3) is 4.09. The van der Waals surface area contributed by atoms with Crippen molar-refractivity contribution in [1.82, 2.24) is 5.32 Å². The molecule has 0 saturated carbocycles. The molecule has 0 radical (unpaired) electrons. The summed E-state index contributed by atoms with van der Waals surface area (Å²) in [5.74, 6) is 0.972. The van der Waals surface area contributed by atoms with E-state index in [0.29, 0.717) is 12.6 Å². The normalized spacial score (nSPS) is 11.1. The molecule has 0 aliphatic heterocycles. The molecule has 0 fully saturated rings. The predicted molar refractivity (Wildman–Crippen MR) is 86.5 cm³/mol. The second-order valence-electron chi connectivity index (χ2n) is 5.38. The van der Waals surface area contributed by atoms with Crippen molar-refractivity contribution < 1.29 is 4.74 Å². The Balaban J connectivity index is 1.98. The van der Waals surface area contributed by atoms with Gasteiger partial charge in [-0.25, -0.2) is 0 Å². The second-order valence-corrected chi connectivity index (χ2v) is 6.72. The monoisotopic (exact) mass is 289 g/mol. The van der Waals surface area contributed by atoms with Crippen molar-refractivity contribution >= 4 is 11.3 Å². The molecular formula is C17H23NOS. The van der Waals surface area contributed by atoms with Crippen molar-refractivity contribution in [3.8, 4) is 5.75 Å². The summed E-state index contributed by atoms with van der Waals surface area (Å²) in [7, 11) is 0. The number of benzene rings is 1. The highest BCUT2D eigenvalue weighted by Gasteiger charge is 2.07. The smallest absolute Gasteiger partial charge is 0.122 e. The minimum Gasteiger partial charge on any atom is -0.489 e. The van der Waals surface area contributed by atoms with Crippen LogP contribution in [0.15, 0.2) is 30.3 Å². The van der Waals surface area contributed by atoms with Crippen LogP contribution in [0, 0.1) is 13.8 Å². The molecule has 0 aliphatic carbocycles. The van der Waals surface area contributed by atoms with Crippen LogP contribution in [0.4, 0.5) is 0 Å². The van der Waals surface area contributed by atoms with Gasteiger partial charge in [0.05, 0.1) is 0 Å². The molecule has 0 atom stereocenters. The zero-order chi connectivity index (χ0) is 14.5. The number of rotatable bonds is 6. The van der Waals surface area contributed by atoms with Crippen LogP contribution in [0.5, 0.6) is 5.75 Å². The Morgan fingerprint density at radius 2 is 1.95 bits per heavy atom. The van der Waals surface area contributed by atoms with Gasteiger partial charge in [0.1, 0.15) is 12.4 Å². The van der Waals surface area contributed by atoms with Gasteiger partial charge in [0.25, 0.3) is 0 Å². The molecule has 1 heterocycles. The fourth-order valence-electron chi connectivity index (χ4n) is 2.00. The number of nitrogens with one attached hydrogen (secondary N) is 1. The Bertz CT molecular complexity index is 560. The van der Waals surface area contributed by atoms with Crippen LogP contribution < -0.4 is 10.1 Å². The van der Waals surface area contributed by atoms with Crippen molar-refractivity contribution in [3.63, 3.8) is 0 Å². The van der Waals surface area contributed by atoms with Gasteiger partial charge in [-0.2, -0.15) is 0 Å². The largest absolute Gasteiger partial charge is 0.489 e. The number of thiophene rings is 1. The van der Waals surface area contributed by atoms with Gasteiger partial charge in [-0.15, -0.1) is 11.3 Å². The van der Waals surface area contributed by atoms with Crippen molar-refractivity contribution in [2.45, 2.75) is 46.9 Å². The SMILES string of the molecule is Cc1ccccc1OCc1cc(CNC(C)C)sc1C. The summed E-state index contributed by atoms with van der Waals surface area (Å²) in [5.41, 5.74) is 2.47. The fraction of sp³-hybridized carbons (Fsp3) is 0.412. The van der Waals surface area contributed by atoms with E-state index in [4.69, 9.17) is 4.74 Å². The third-order valence-electron chi connectivity index (χ3n) is 3.23. The first-order chi connectivity index (χ1) is 9.56. The minimum atomic E-state index is 0.518. The molecular weight excluding hydrogens is 266 g/mol. The van der Waals surface area contributed by atoms with E-state index in [1.807, 2.05) is 29.5 Å². The van der Waals surface area contributed by atoms with Crippen molar-refractivity contribution in [2.75, 3.05) is 0 Å². The van der Waals surface area contributed by atoms with Gasteiger partial charge in [-0.05, 0) is 31.5 Å². The van der Waals surface area contributed by atoms with Crippen LogP contribution in [-0.4, -0.2) is 6.04 Å². The molecule has 2 rings (SSSR count). The molecule has 0 saturated heterocycles. The zero-order valence-electron chi connectivity index (χ0n) is 12.7. The molecule has 1 N–H and O–H groups in total. The van der Waals surface area contributed by atoms with Crippen LogP contribution in [0.2, 0.25) is 0 Å². The second kappa shape index (κ2) is 6.91. The summed E-state index contributed by atoms with van der Waals surface area (Å²) in [4.78, 5) is 2.72. The maximum Gasteiger partial charge on any atom is 0.122 e. The molecule has 2 aromatic rings. The molecule has 1 aromatic carbocycles. The summed E-state index contributed by atoms with van der Waals surface area (Å²) < 4.78 is 5.93. The quantitative estimate of drug-likeness (QED) is 0.848. The van der Waals surface area contributed by atoms with Crippen LogP contribution in [-0.2, 0) is 13.2 Å². The maximum atomic E-state index is 5.93. The average Bonchev–Trinajstić information content (AvgIpc) is 2.76. The first kappa shape index (κ1) is 15.1. The van der Waals surface area contributed by atoms with E-state index in [9.17, 15) is 0 Å². The Morgan fingerprint density at radius 3 is 2.65 bits per heavy atom. The molecule has 0 bridgehead atoms. The van der Waals surface area contributed by atoms with Crippen LogP contribution >= 0.6 is 11.3 Å². The van der Waals surface area contributed by atoms with Gasteiger partial charge < -0.3 is 10.1 Å². The average molecular weight is 289 g/mol. The Kier molecular flexibility index (Phi) is 5.21. The minimum absolute atomic E-state index is 0.518. The summed E-state index contributed by atoms with van der Waals surface area (Å²) in [6.07, 6.45) is 0. The lowest BCUT2D eigenvalue weighted by Gasteiger charge is -2.08. The van der Waals surface area contributed by atoms with E-state index < -0.39 is 0 Å². The van der Waals surface area contributed by atoms with Gasteiger partial charge in [-0.3, -0.25) is 0 Å². The molecule has 0 amide bonds. The summed E-state index contributed by atoms with van der Waals surface area (Å²) in [6, 6.07) is 10.9. The Morgan fingerprint density at radius 1 is 1.20 bits per heavy atom. The van der Waals surface area contributed by atoms with Crippen molar-refractivity contribution in [3.05, 3.63) is 51.2 Å². The first-order valence-corrected chi connectivity index (χ1v) is 7.88. The van der Waals surface area contributed by atoms with E-state index in [1.165, 1.54) is 20.9 Å².